The van der Waals surface area contributed by atoms with Crippen molar-refractivity contribution in [1.82, 2.24) is 19.7 Å². The molecule has 0 aliphatic heterocycles. The number of hydrogen-bond acceptors (Lipinski definition) is 5. The number of nitrogens with one attached hydrogen (secondary N) is 2. The summed E-state index contributed by atoms with van der Waals surface area (Å²) in [4.78, 5) is 25.8. The molecule has 3 aromatic heterocycles. The molecule has 41 heavy (non-hydrogen) atoms. The summed E-state index contributed by atoms with van der Waals surface area (Å²) in [5.74, 6) is 1.54. The Balaban J connectivity index is 1.33. The van der Waals surface area contributed by atoms with E-state index in [1.807, 2.05) is 76.5 Å². The average Bonchev–Trinajstić information content (AvgIpc) is 3.42. The van der Waals surface area contributed by atoms with Crippen molar-refractivity contribution in [3.05, 3.63) is 102 Å². The molecule has 1 aliphatic rings. The van der Waals surface area contributed by atoms with Gasteiger partial charge in [-0.2, -0.15) is 5.10 Å². The first kappa shape index (κ1) is 26.6. The van der Waals surface area contributed by atoms with Gasteiger partial charge < -0.3 is 9.72 Å². The number of H-pyrrole nitrogens is 1. The van der Waals surface area contributed by atoms with E-state index in [2.05, 4.69) is 32.3 Å². The van der Waals surface area contributed by atoms with Crippen LogP contribution < -0.4 is 14.9 Å². The fraction of sp³-hybridized carbons (Fsp3) is 0.226. The van der Waals surface area contributed by atoms with E-state index in [-0.39, 0.29) is 5.92 Å². The number of aromatic nitrogens is 5. The van der Waals surface area contributed by atoms with E-state index >= 15 is 0 Å². The molecule has 9 nitrogen and oxygen atoms in total. The van der Waals surface area contributed by atoms with Gasteiger partial charge >= 0.3 is 6.09 Å². The molecule has 1 unspecified atom stereocenters. The quantitative estimate of drug-likeness (QED) is 0.211. The molecular weight excluding hydrogens is 540 g/mol. The minimum absolute atomic E-state index is 0.00969. The van der Waals surface area contributed by atoms with Crippen LogP contribution in [-0.2, 0) is 4.74 Å². The molecule has 1 fully saturated rings. The topological polar surface area (TPSA) is 97.9 Å². The molecule has 6 rings (SSSR count). The predicted octanol–water partition coefficient (Wildman–Crippen LogP) is 6.04. The second kappa shape index (κ2) is 11.5. The van der Waals surface area contributed by atoms with E-state index in [9.17, 15) is 4.79 Å². The number of imidazole rings is 1. The Morgan fingerprint density at radius 1 is 1.15 bits per heavy atom. The Hall–Kier alpha value is -4.63. The van der Waals surface area contributed by atoms with Crippen molar-refractivity contribution in [3.8, 4) is 28.1 Å². The van der Waals surface area contributed by atoms with Crippen molar-refractivity contribution in [3.63, 3.8) is 0 Å². The van der Waals surface area contributed by atoms with Gasteiger partial charge in [0.1, 0.15) is 18.9 Å². The second-order valence-electron chi connectivity index (χ2n) is 10.1. The van der Waals surface area contributed by atoms with Crippen LogP contribution in [0.15, 0.2) is 85.5 Å². The van der Waals surface area contributed by atoms with E-state index in [1.54, 1.807) is 13.3 Å². The number of hydrogen-bond donors (Lipinski definition) is 2. The van der Waals surface area contributed by atoms with Crippen LogP contribution in [-0.4, -0.2) is 40.1 Å². The van der Waals surface area contributed by atoms with Gasteiger partial charge in [0, 0.05) is 39.5 Å². The first-order chi connectivity index (χ1) is 20.0. The summed E-state index contributed by atoms with van der Waals surface area (Å²) in [6.07, 6.45) is 10.4. The van der Waals surface area contributed by atoms with Crippen LogP contribution in [0.4, 0.5) is 10.5 Å². The summed E-state index contributed by atoms with van der Waals surface area (Å²) in [5, 5.41) is 7.73. The maximum atomic E-state index is 11.5. The standard InChI is InChI=1S/C31H29ClN6O3/c1-40-31(39)35-24-10-6-21(7-11-24)27-18-33-30(36-27)26(16-20-4-5-20)29-12-8-22(19-38(29)41-2)25-17-23(32)9-13-28(25)37-15-3-14-34-37/h3,6-15,17-20,26H,4-5,16H2,1-2H3,(H-,33,35,36,39)/p+1. The van der Waals surface area contributed by atoms with Crippen molar-refractivity contribution in [2.75, 3.05) is 19.5 Å². The third-order valence-electron chi connectivity index (χ3n) is 7.34. The van der Waals surface area contributed by atoms with Gasteiger partial charge in [-0.25, -0.2) is 14.5 Å². The maximum Gasteiger partial charge on any atom is 0.411 e. The lowest BCUT2D eigenvalue weighted by Gasteiger charge is -2.14. The third-order valence-corrected chi connectivity index (χ3v) is 7.57. The molecule has 1 aliphatic carbocycles. The van der Waals surface area contributed by atoms with Crippen LogP contribution in [0.3, 0.4) is 0 Å². The number of pyridine rings is 1. The number of nitrogens with zero attached hydrogens (tertiary/aromatic N) is 4. The highest BCUT2D eigenvalue weighted by molar-refractivity contribution is 6.31. The smallest absolute Gasteiger partial charge is 0.411 e. The number of aromatic amines is 1. The molecule has 5 aromatic rings. The number of ether oxygens (including phenoxy) is 1. The lowest BCUT2D eigenvalue weighted by Crippen LogP contribution is -2.45. The SMILES string of the molecule is COC(=O)Nc1ccc(-c2cnc(C(CC3CC3)c3ccc(-c4cc(Cl)ccc4-n4cccn4)c[n+]3OC)[nH]2)cc1. The summed E-state index contributed by atoms with van der Waals surface area (Å²) in [5.41, 5.74) is 6.35. The summed E-state index contributed by atoms with van der Waals surface area (Å²) in [6, 6.07) is 19.4. The first-order valence-electron chi connectivity index (χ1n) is 13.4. The Kier molecular flexibility index (Phi) is 7.43. The monoisotopic (exact) mass is 569 g/mol. The molecule has 10 heteroatoms. The predicted molar refractivity (Wildman–Crippen MR) is 156 cm³/mol. The number of halogens is 1. The van der Waals surface area contributed by atoms with Gasteiger partial charge in [0.2, 0.25) is 11.9 Å². The van der Waals surface area contributed by atoms with Gasteiger partial charge in [-0.05, 0) is 60.4 Å². The number of benzene rings is 2. The van der Waals surface area contributed by atoms with E-state index in [4.69, 9.17) is 21.4 Å². The zero-order valence-electron chi connectivity index (χ0n) is 22.8. The van der Waals surface area contributed by atoms with Crippen molar-refractivity contribution in [1.29, 1.82) is 0 Å². The molecule has 2 N–H and O–H groups in total. The van der Waals surface area contributed by atoms with Gasteiger partial charge in [-0.15, -0.1) is 0 Å². The van der Waals surface area contributed by atoms with Gasteiger partial charge in [0.25, 0.3) is 0 Å². The summed E-state index contributed by atoms with van der Waals surface area (Å²) < 4.78 is 8.32. The molecule has 0 spiro atoms. The number of carbonyl (C=O) groups is 1. The van der Waals surface area contributed by atoms with Gasteiger partial charge in [-0.1, -0.05) is 36.6 Å². The highest BCUT2D eigenvalue weighted by Gasteiger charge is 2.35. The van der Waals surface area contributed by atoms with Gasteiger partial charge in [0.15, 0.2) is 0 Å². The molecule has 1 amide bonds. The molecule has 1 atom stereocenters. The summed E-state index contributed by atoms with van der Waals surface area (Å²) in [7, 11) is 3.01. The molecule has 208 valence electrons. The molecule has 0 saturated heterocycles. The second-order valence-corrected chi connectivity index (χ2v) is 10.5. The summed E-state index contributed by atoms with van der Waals surface area (Å²) >= 11 is 6.41. The fourth-order valence-corrected chi connectivity index (χ4v) is 5.22. The van der Waals surface area contributed by atoms with E-state index < -0.39 is 6.09 Å². The Labute approximate surface area is 242 Å². The number of rotatable bonds is 9. The minimum Gasteiger partial charge on any atom is -0.453 e. The van der Waals surface area contributed by atoms with E-state index in [1.165, 1.54) is 20.0 Å². The largest absolute Gasteiger partial charge is 0.453 e. The van der Waals surface area contributed by atoms with Crippen LogP contribution in [0.25, 0.3) is 28.1 Å². The highest BCUT2D eigenvalue weighted by Crippen LogP contribution is 2.41. The molecule has 0 bridgehead atoms. The van der Waals surface area contributed by atoms with E-state index in [0.717, 1.165) is 46.0 Å². The van der Waals surface area contributed by atoms with Gasteiger partial charge in [-0.3, -0.25) is 10.2 Å². The average molecular weight is 570 g/mol. The molecule has 3 heterocycles. The zero-order valence-corrected chi connectivity index (χ0v) is 23.5. The van der Waals surface area contributed by atoms with Crippen molar-refractivity contribution in [2.24, 2.45) is 5.92 Å². The van der Waals surface area contributed by atoms with Gasteiger partial charge in [0.05, 0.1) is 30.3 Å². The van der Waals surface area contributed by atoms with Crippen molar-refractivity contribution >= 4 is 23.4 Å². The van der Waals surface area contributed by atoms with Crippen LogP contribution >= 0.6 is 11.6 Å². The molecular formula is C31H30ClN6O3+. The Morgan fingerprint density at radius 2 is 1.95 bits per heavy atom. The van der Waals surface area contributed by atoms with Crippen LogP contribution in [0.2, 0.25) is 5.02 Å². The third kappa shape index (κ3) is 5.81. The number of anilines is 1. The number of amides is 1. The van der Waals surface area contributed by atoms with Crippen molar-refractivity contribution < 1.29 is 19.1 Å². The lowest BCUT2D eigenvalue weighted by atomic mass is 9.95. The minimum atomic E-state index is -0.505. The zero-order chi connectivity index (χ0) is 28.3. The van der Waals surface area contributed by atoms with E-state index in [0.29, 0.717) is 16.6 Å². The highest BCUT2D eigenvalue weighted by atomic mass is 35.5. The van der Waals surface area contributed by atoms with Crippen molar-refractivity contribution in [2.45, 2.75) is 25.2 Å². The van der Waals surface area contributed by atoms with Crippen LogP contribution in [0, 0.1) is 5.92 Å². The fourth-order valence-electron chi connectivity index (χ4n) is 5.05. The normalized spacial score (nSPS) is 13.5. The summed E-state index contributed by atoms with van der Waals surface area (Å²) in [6.45, 7) is 0. The maximum absolute atomic E-state index is 11.5. The molecule has 2 aromatic carbocycles. The molecule has 1 saturated carbocycles. The van der Waals surface area contributed by atoms with Crippen LogP contribution in [0.1, 0.15) is 36.7 Å². The number of carbonyl (C=O) groups excluding carboxylic acids is 1. The lowest BCUT2D eigenvalue weighted by molar-refractivity contribution is -0.890. The first-order valence-corrected chi connectivity index (χ1v) is 13.8. The van der Waals surface area contributed by atoms with Crippen LogP contribution in [0.5, 0.6) is 0 Å². The Morgan fingerprint density at radius 3 is 2.66 bits per heavy atom. The Bertz CT molecular complexity index is 1660. The number of methoxy groups -OCH3 is 1. The molecule has 0 radical (unpaired) electrons.